The van der Waals surface area contributed by atoms with Crippen LogP contribution in [0.25, 0.3) is 0 Å². The van der Waals surface area contributed by atoms with Crippen LogP contribution in [0.4, 0.5) is 0 Å². The van der Waals surface area contributed by atoms with E-state index in [9.17, 15) is 9.36 Å². The molecule has 11 heavy (non-hydrogen) atoms. The smallest absolute Gasteiger partial charge is 0.303 e. The highest BCUT2D eigenvalue weighted by molar-refractivity contribution is 7.79. The van der Waals surface area contributed by atoms with Gasteiger partial charge < -0.3 is 9.79 Å². The number of carbonyl (C=O) groups excluding carboxylic acids is 1. The van der Waals surface area contributed by atoms with Crippen LogP contribution in [0.1, 0.15) is 6.92 Å². The van der Waals surface area contributed by atoms with Gasteiger partial charge in [0, 0.05) is 5.37 Å². The zero-order valence-electron chi connectivity index (χ0n) is 5.63. The molecule has 0 spiro atoms. The lowest BCUT2D eigenvalue weighted by molar-refractivity contribution is -0.121. The van der Waals surface area contributed by atoms with Gasteiger partial charge in [-0.2, -0.15) is 0 Å². The van der Waals surface area contributed by atoms with Gasteiger partial charge in [-0.25, -0.2) is 4.57 Å². The Hall–Kier alpha value is -0.130. The van der Waals surface area contributed by atoms with E-state index in [0.29, 0.717) is 0 Å². The fraction of sp³-hybridized carbons (Fsp3) is 0.500. The van der Waals surface area contributed by atoms with E-state index in [-0.39, 0.29) is 0 Å². The summed E-state index contributed by atoms with van der Waals surface area (Å²) in [6, 6.07) is 0. The quantitative estimate of drug-likeness (QED) is 0.490. The van der Waals surface area contributed by atoms with Gasteiger partial charge in [-0.3, -0.25) is 9.32 Å². The number of hydrogen-bond acceptors (Lipinski definition) is 4. The van der Waals surface area contributed by atoms with Gasteiger partial charge in [-0.15, -0.1) is 0 Å². The van der Waals surface area contributed by atoms with Crippen molar-refractivity contribution in [2.45, 2.75) is 13.0 Å². The maximum Gasteiger partial charge on any atom is 0.470 e. The van der Waals surface area contributed by atoms with Crippen molar-refractivity contribution in [3.63, 3.8) is 0 Å². The summed E-state index contributed by atoms with van der Waals surface area (Å²) < 4.78 is 14.2. The average molecular weight is 198 g/mol. The molecule has 0 saturated carbocycles. The molecule has 0 radical (unpaired) electrons. The van der Waals surface area contributed by atoms with Crippen molar-refractivity contribution in [2.75, 3.05) is 0 Å². The van der Waals surface area contributed by atoms with E-state index < -0.39 is 19.7 Å². The Balaban J connectivity index is 4.21. The van der Waals surface area contributed by atoms with Crippen molar-refractivity contribution in [1.29, 1.82) is 0 Å². The van der Waals surface area contributed by atoms with Gasteiger partial charge in [0.1, 0.15) is 0 Å². The molecule has 0 aliphatic carbocycles. The molecule has 64 valence electrons. The molecule has 0 amide bonds. The summed E-state index contributed by atoms with van der Waals surface area (Å²) in [6.07, 6.45) is -1.30. The lowest BCUT2D eigenvalue weighted by Crippen LogP contribution is -2.20. The van der Waals surface area contributed by atoms with E-state index in [1.807, 2.05) is 0 Å². The fourth-order valence-electron chi connectivity index (χ4n) is 0.343. The Morgan fingerprint density at radius 3 is 2.27 bits per heavy atom. The maximum absolute atomic E-state index is 10.5. The van der Waals surface area contributed by atoms with E-state index >= 15 is 0 Å². The van der Waals surface area contributed by atoms with Crippen molar-refractivity contribution < 1.29 is 23.7 Å². The van der Waals surface area contributed by atoms with Crippen LogP contribution < -0.4 is 0 Å². The summed E-state index contributed by atoms with van der Waals surface area (Å²) in [5.74, 6) is -0.539. The standard InChI is InChI=1S/C4H7O5PS/c1-3(5)4(2-11)9-10(6,7)8/h2,4H,1H3,(H2,6,7,8)/t4-/m1/s1. The zero-order chi connectivity index (χ0) is 9.07. The first kappa shape index (κ1) is 10.9. The predicted octanol–water partition coefficient (Wildman–Crippen LogP) is 0.0530. The highest BCUT2D eigenvalue weighted by Crippen LogP contribution is 2.37. The molecule has 0 rings (SSSR count). The number of Topliss-reactive ketones (excluding diaryl/α,β-unsaturated/α-hetero) is 1. The van der Waals surface area contributed by atoms with E-state index in [1.165, 1.54) is 0 Å². The number of rotatable bonds is 4. The highest BCUT2D eigenvalue weighted by Gasteiger charge is 2.23. The second-order valence-corrected chi connectivity index (χ2v) is 3.23. The minimum absolute atomic E-state index is 0.539. The molecule has 0 saturated heterocycles. The van der Waals surface area contributed by atoms with Crippen LogP contribution in [-0.4, -0.2) is 27.0 Å². The fourth-order valence-corrected chi connectivity index (χ4v) is 1.18. The number of phosphoric acid groups is 1. The van der Waals surface area contributed by atoms with Gasteiger partial charge in [0.15, 0.2) is 11.9 Å². The van der Waals surface area contributed by atoms with Gasteiger partial charge in [-0.1, -0.05) is 12.2 Å². The normalized spacial score (nSPS) is 14.1. The maximum atomic E-state index is 10.5. The molecule has 7 heteroatoms. The summed E-state index contributed by atoms with van der Waals surface area (Å²) in [6.45, 7) is 1.13. The lowest BCUT2D eigenvalue weighted by Gasteiger charge is -2.09. The third kappa shape index (κ3) is 5.17. The predicted molar refractivity (Wildman–Crippen MR) is 41.3 cm³/mol. The summed E-state index contributed by atoms with van der Waals surface area (Å²) in [4.78, 5) is 27.0. The molecule has 2 N–H and O–H groups in total. The highest BCUT2D eigenvalue weighted by atomic mass is 32.1. The SMILES string of the molecule is CC(=O)[C@@H](C=S)OP(=O)(O)O. The summed E-state index contributed by atoms with van der Waals surface area (Å²) in [7, 11) is -4.61. The van der Waals surface area contributed by atoms with Crippen molar-refractivity contribution in [3.05, 3.63) is 0 Å². The van der Waals surface area contributed by atoms with Crippen LogP contribution in [0.15, 0.2) is 0 Å². The van der Waals surface area contributed by atoms with Crippen molar-refractivity contribution >= 4 is 31.2 Å². The van der Waals surface area contributed by atoms with Crippen LogP contribution in [0.5, 0.6) is 0 Å². The number of phosphoric ester groups is 1. The molecule has 0 aromatic carbocycles. The monoisotopic (exact) mass is 198 g/mol. The third-order valence-electron chi connectivity index (χ3n) is 0.775. The molecule has 0 unspecified atom stereocenters. The topological polar surface area (TPSA) is 83.8 Å². The molecule has 0 fully saturated rings. The van der Waals surface area contributed by atoms with Crippen LogP contribution >= 0.6 is 20.0 Å². The lowest BCUT2D eigenvalue weighted by atomic mass is 10.3. The molecule has 1 atom stereocenters. The Kier molecular flexibility index (Phi) is 3.99. The number of ketones is 1. The van der Waals surface area contributed by atoms with Gasteiger partial charge in [0.25, 0.3) is 0 Å². The first-order chi connectivity index (χ1) is 4.87. The van der Waals surface area contributed by atoms with E-state index in [0.717, 1.165) is 12.3 Å². The Morgan fingerprint density at radius 2 is 2.18 bits per heavy atom. The van der Waals surface area contributed by atoms with Crippen LogP contribution in [0.3, 0.4) is 0 Å². The summed E-state index contributed by atoms with van der Waals surface area (Å²) in [5, 5.41) is 0.863. The van der Waals surface area contributed by atoms with Gasteiger partial charge in [-0.05, 0) is 6.92 Å². The van der Waals surface area contributed by atoms with Crippen LogP contribution in [0, 0.1) is 0 Å². The molecule has 0 aliphatic rings. The van der Waals surface area contributed by atoms with E-state index in [4.69, 9.17) is 9.79 Å². The largest absolute Gasteiger partial charge is 0.470 e. The first-order valence-electron chi connectivity index (χ1n) is 2.56. The Labute approximate surface area is 68.6 Å². The van der Waals surface area contributed by atoms with Gasteiger partial charge >= 0.3 is 7.82 Å². The van der Waals surface area contributed by atoms with Crippen molar-refractivity contribution in [1.82, 2.24) is 0 Å². The van der Waals surface area contributed by atoms with Crippen LogP contribution in [0.2, 0.25) is 0 Å². The van der Waals surface area contributed by atoms with Crippen molar-refractivity contribution in [2.24, 2.45) is 0 Å². The Morgan fingerprint density at radius 1 is 1.73 bits per heavy atom. The number of thiocarbonyl (C=S) groups is 1. The minimum Gasteiger partial charge on any atom is -0.303 e. The van der Waals surface area contributed by atoms with E-state index in [1.54, 1.807) is 0 Å². The van der Waals surface area contributed by atoms with Crippen molar-refractivity contribution in [3.8, 4) is 0 Å². The number of hydrogen-bond donors (Lipinski definition) is 2. The second kappa shape index (κ2) is 4.04. The third-order valence-corrected chi connectivity index (χ3v) is 1.52. The number of carbonyl (C=O) groups is 1. The molecular formula is C4H7O5PS. The van der Waals surface area contributed by atoms with E-state index in [2.05, 4.69) is 16.7 Å². The average Bonchev–Trinajstić information content (AvgIpc) is 1.80. The molecule has 0 aromatic rings. The molecule has 0 bridgehead atoms. The second-order valence-electron chi connectivity index (χ2n) is 1.76. The molecule has 5 nitrogen and oxygen atoms in total. The van der Waals surface area contributed by atoms with Crippen LogP contribution in [-0.2, 0) is 13.9 Å². The van der Waals surface area contributed by atoms with Gasteiger partial charge in [0.05, 0.1) is 0 Å². The summed E-state index contributed by atoms with van der Waals surface area (Å²) >= 11 is 4.30. The Bertz CT molecular complexity index is 209. The van der Waals surface area contributed by atoms with Gasteiger partial charge in [0.2, 0.25) is 0 Å². The first-order valence-corrected chi connectivity index (χ1v) is 4.56. The molecular weight excluding hydrogens is 191 g/mol. The molecule has 0 aromatic heterocycles. The minimum atomic E-state index is -4.61. The summed E-state index contributed by atoms with van der Waals surface area (Å²) in [5.41, 5.74) is 0. The zero-order valence-corrected chi connectivity index (χ0v) is 7.34. The molecule has 0 aliphatic heterocycles. The molecule has 0 heterocycles.